The van der Waals surface area contributed by atoms with Gasteiger partial charge in [-0.2, -0.15) is 5.10 Å². The highest BCUT2D eigenvalue weighted by Crippen LogP contribution is 2.12. The van der Waals surface area contributed by atoms with E-state index in [-0.39, 0.29) is 12.1 Å². The molecule has 0 aliphatic rings. The zero-order chi connectivity index (χ0) is 17.8. The molecule has 1 aromatic heterocycles. The maximum absolute atomic E-state index is 12.6. The van der Waals surface area contributed by atoms with E-state index in [1.54, 1.807) is 6.07 Å². The Morgan fingerprint density at radius 3 is 2.44 bits per heavy atom. The molecular formula is C20H23N3O2. The number of benzene rings is 2. The molecule has 25 heavy (non-hydrogen) atoms. The minimum absolute atomic E-state index is 0.161. The van der Waals surface area contributed by atoms with Crippen LogP contribution in [-0.4, -0.2) is 39.5 Å². The van der Waals surface area contributed by atoms with Crippen LogP contribution in [0.1, 0.15) is 11.3 Å². The fourth-order valence-corrected chi connectivity index (χ4v) is 3.11. The fraction of sp³-hybridized carbons (Fsp3) is 0.300. The molecule has 2 aromatic carbocycles. The summed E-state index contributed by atoms with van der Waals surface area (Å²) >= 11 is 0. The van der Waals surface area contributed by atoms with E-state index in [2.05, 4.69) is 17.2 Å². The third-order valence-electron chi connectivity index (χ3n) is 4.25. The molecule has 1 N–H and O–H groups in total. The molecule has 0 saturated heterocycles. The lowest BCUT2D eigenvalue weighted by Crippen LogP contribution is -2.36. The van der Waals surface area contributed by atoms with Crippen molar-refractivity contribution in [3.8, 4) is 0 Å². The van der Waals surface area contributed by atoms with Crippen LogP contribution in [0.5, 0.6) is 0 Å². The van der Waals surface area contributed by atoms with Gasteiger partial charge in [-0.25, -0.2) is 4.68 Å². The molecule has 0 fully saturated rings. The summed E-state index contributed by atoms with van der Waals surface area (Å²) < 4.78 is 1.37. The summed E-state index contributed by atoms with van der Waals surface area (Å²) in [6, 6.07) is 17.5. The van der Waals surface area contributed by atoms with Crippen molar-refractivity contribution >= 4 is 10.8 Å². The minimum atomic E-state index is -0.667. The van der Waals surface area contributed by atoms with Gasteiger partial charge in [-0.3, -0.25) is 9.69 Å². The predicted octanol–water partition coefficient (Wildman–Crippen LogP) is 2.20. The number of hydrogen-bond acceptors (Lipinski definition) is 4. The first-order valence-electron chi connectivity index (χ1n) is 8.41. The second kappa shape index (κ2) is 7.59. The topological polar surface area (TPSA) is 58.4 Å². The molecule has 3 aromatic rings. The van der Waals surface area contributed by atoms with Crippen LogP contribution >= 0.6 is 0 Å². The Kier molecular flexibility index (Phi) is 5.26. The van der Waals surface area contributed by atoms with Crippen molar-refractivity contribution in [2.24, 2.45) is 0 Å². The largest absolute Gasteiger partial charge is 0.390 e. The second-order valence-corrected chi connectivity index (χ2v) is 6.45. The second-order valence-electron chi connectivity index (χ2n) is 6.45. The molecule has 1 heterocycles. The summed E-state index contributed by atoms with van der Waals surface area (Å²) in [7, 11) is 1.96. The van der Waals surface area contributed by atoms with Crippen LogP contribution in [0.4, 0.5) is 0 Å². The van der Waals surface area contributed by atoms with Crippen molar-refractivity contribution in [1.29, 1.82) is 0 Å². The van der Waals surface area contributed by atoms with Gasteiger partial charge in [0.25, 0.3) is 5.56 Å². The third kappa shape index (κ3) is 4.13. The number of rotatable bonds is 6. The number of aromatic nitrogens is 2. The molecule has 1 unspecified atom stereocenters. The molecule has 0 aliphatic carbocycles. The van der Waals surface area contributed by atoms with Gasteiger partial charge >= 0.3 is 0 Å². The van der Waals surface area contributed by atoms with Gasteiger partial charge in [0, 0.05) is 18.5 Å². The van der Waals surface area contributed by atoms with Crippen molar-refractivity contribution in [3.05, 3.63) is 76.2 Å². The number of aliphatic hydroxyl groups excluding tert-OH is 1. The smallest absolute Gasteiger partial charge is 0.274 e. The lowest BCUT2D eigenvalue weighted by atomic mass is 10.1. The number of hydrogen-bond donors (Lipinski definition) is 1. The van der Waals surface area contributed by atoms with E-state index < -0.39 is 6.10 Å². The number of likely N-dealkylation sites (N-methyl/N-ethyl adjacent to an activating group) is 1. The van der Waals surface area contributed by atoms with E-state index in [1.807, 2.05) is 55.3 Å². The van der Waals surface area contributed by atoms with E-state index in [0.29, 0.717) is 11.9 Å². The molecule has 0 bridgehead atoms. The van der Waals surface area contributed by atoms with Crippen molar-refractivity contribution in [2.45, 2.75) is 26.1 Å². The van der Waals surface area contributed by atoms with Gasteiger partial charge in [-0.1, -0.05) is 48.5 Å². The minimum Gasteiger partial charge on any atom is -0.390 e. The van der Waals surface area contributed by atoms with Crippen molar-refractivity contribution in [3.63, 3.8) is 0 Å². The monoisotopic (exact) mass is 337 g/mol. The quantitative estimate of drug-likeness (QED) is 0.749. The SMILES string of the molecule is Cc1nn(CC(O)CN(C)Cc2ccccc2)c(=O)c2ccccc12. The standard InChI is InChI=1S/C20H23N3O2/c1-15-18-10-6-7-11-19(18)20(25)23(21-15)14-17(24)13-22(2)12-16-8-4-3-5-9-16/h3-11,17,24H,12-14H2,1-2H3. The van der Waals surface area contributed by atoms with E-state index in [0.717, 1.165) is 17.6 Å². The van der Waals surface area contributed by atoms with Crippen LogP contribution < -0.4 is 5.56 Å². The maximum Gasteiger partial charge on any atom is 0.274 e. The molecule has 5 nitrogen and oxygen atoms in total. The molecule has 0 radical (unpaired) electrons. The van der Waals surface area contributed by atoms with Gasteiger partial charge in [-0.05, 0) is 25.6 Å². The average Bonchev–Trinajstić information content (AvgIpc) is 2.60. The number of fused-ring (bicyclic) bond motifs is 1. The first-order valence-corrected chi connectivity index (χ1v) is 8.41. The van der Waals surface area contributed by atoms with Crippen LogP contribution in [-0.2, 0) is 13.1 Å². The lowest BCUT2D eigenvalue weighted by molar-refractivity contribution is 0.102. The van der Waals surface area contributed by atoms with E-state index in [4.69, 9.17) is 0 Å². The molecule has 0 aliphatic heterocycles. The molecule has 1 atom stereocenters. The Balaban J connectivity index is 1.70. The van der Waals surface area contributed by atoms with Gasteiger partial charge in [0.2, 0.25) is 0 Å². The Labute approximate surface area is 147 Å². The first-order chi connectivity index (χ1) is 12.0. The van der Waals surface area contributed by atoms with Gasteiger partial charge in [-0.15, -0.1) is 0 Å². The van der Waals surface area contributed by atoms with E-state index >= 15 is 0 Å². The summed E-state index contributed by atoms with van der Waals surface area (Å²) in [5.74, 6) is 0. The zero-order valence-electron chi connectivity index (χ0n) is 14.6. The highest BCUT2D eigenvalue weighted by atomic mass is 16.3. The van der Waals surface area contributed by atoms with Crippen LogP contribution in [0.25, 0.3) is 10.8 Å². The van der Waals surface area contributed by atoms with Gasteiger partial charge in [0.15, 0.2) is 0 Å². The molecule has 0 amide bonds. The maximum atomic E-state index is 12.6. The Bertz CT molecular complexity index is 906. The van der Waals surface area contributed by atoms with Crippen molar-refractivity contribution in [1.82, 2.24) is 14.7 Å². The van der Waals surface area contributed by atoms with Crippen molar-refractivity contribution < 1.29 is 5.11 Å². The number of nitrogens with zero attached hydrogens (tertiary/aromatic N) is 3. The molecule has 3 rings (SSSR count). The number of aryl methyl sites for hydroxylation is 1. The number of aliphatic hydroxyl groups is 1. The molecule has 0 spiro atoms. The third-order valence-corrected chi connectivity index (χ3v) is 4.25. The van der Waals surface area contributed by atoms with Crippen LogP contribution in [0.2, 0.25) is 0 Å². The first kappa shape index (κ1) is 17.3. The average molecular weight is 337 g/mol. The Morgan fingerprint density at radius 1 is 1.08 bits per heavy atom. The summed E-state index contributed by atoms with van der Waals surface area (Å²) in [6.45, 7) is 3.28. The fourth-order valence-electron chi connectivity index (χ4n) is 3.11. The van der Waals surface area contributed by atoms with E-state index in [9.17, 15) is 9.90 Å². The van der Waals surface area contributed by atoms with Gasteiger partial charge in [0.1, 0.15) is 0 Å². The normalized spacial score (nSPS) is 12.6. The highest BCUT2D eigenvalue weighted by molar-refractivity contribution is 5.83. The lowest BCUT2D eigenvalue weighted by Gasteiger charge is -2.21. The van der Waals surface area contributed by atoms with Gasteiger partial charge < -0.3 is 5.11 Å². The molecule has 0 saturated carbocycles. The predicted molar refractivity (Wildman–Crippen MR) is 99.5 cm³/mol. The van der Waals surface area contributed by atoms with Crippen LogP contribution in [0.3, 0.4) is 0 Å². The summed E-state index contributed by atoms with van der Waals surface area (Å²) in [4.78, 5) is 14.6. The molecular weight excluding hydrogens is 314 g/mol. The zero-order valence-corrected chi connectivity index (χ0v) is 14.6. The molecule has 130 valence electrons. The Morgan fingerprint density at radius 2 is 1.72 bits per heavy atom. The van der Waals surface area contributed by atoms with Crippen LogP contribution in [0.15, 0.2) is 59.4 Å². The van der Waals surface area contributed by atoms with Crippen LogP contribution in [0, 0.1) is 6.92 Å². The van der Waals surface area contributed by atoms with Gasteiger partial charge in [0.05, 0.1) is 23.7 Å². The highest BCUT2D eigenvalue weighted by Gasteiger charge is 2.13. The summed E-state index contributed by atoms with van der Waals surface area (Å²) in [5, 5.41) is 16.3. The van der Waals surface area contributed by atoms with E-state index in [1.165, 1.54) is 10.2 Å². The molecule has 5 heteroatoms. The van der Waals surface area contributed by atoms with Crippen molar-refractivity contribution in [2.75, 3.05) is 13.6 Å². The Hall–Kier alpha value is -2.50. The summed E-state index contributed by atoms with van der Waals surface area (Å²) in [5.41, 5.74) is 1.82. The summed E-state index contributed by atoms with van der Waals surface area (Å²) in [6.07, 6.45) is -0.667.